The molecule has 0 bridgehead atoms. The number of carbonyl (C=O) groups excluding carboxylic acids is 1. The van der Waals surface area contributed by atoms with Gasteiger partial charge in [0.1, 0.15) is 0 Å². The summed E-state index contributed by atoms with van der Waals surface area (Å²) in [5.41, 5.74) is 0.707. The van der Waals surface area contributed by atoms with Crippen molar-refractivity contribution in [1.82, 2.24) is 4.98 Å². The van der Waals surface area contributed by atoms with Gasteiger partial charge in [-0.1, -0.05) is 6.08 Å². The predicted octanol–water partition coefficient (Wildman–Crippen LogP) is 3.10. The first-order chi connectivity index (χ1) is 6.86. The zero-order valence-electron chi connectivity index (χ0n) is 8.27. The number of rotatable bonds is 2. The largest absolute Gasteiger partial charge is 0.456 e. The number of hydrogen-bond donors (Lipinski definition) is 1. The van der Waals surface area contributed by atoms with Crippen molar-refractivity contribution in [3.8, 4) is 0 Å². The van der Waals surface area contributed by atoms with E-state index in [0.29, 0.717) is 11.3 Å². The van der Waals surface area contributed by atoms with Gasteiger partial charge in [0.25, 0.3) is 5.78 Å². The topological polar surface area (TPSA) is 32.9 Å². The third-order valence-corrected chi connectivity index (χ3v) is 1.89. The van der Waals surface area contributed by atoms with Gasteiger partial charge in [-0.3, -0.25) is 4.79 Å². The van der Waals surface area contributed by atoms with Crippen LogP contribution in [0.5, 0.6) is 0 Å². The van der Waals surface area contributed by atoms with Gasteiger partial charge in [0, 0.05) is 5.69 Å². The monoisotopic (exact) mass is 217 g/mol. The molecule has 1 aromatic heterocycles. The van der Waals surface area contributed by atoms with Crippen molar-refractivity contribution in [2.24, 2.45) is 0 Å². The van der Waals surface area contributed by atoms with Gasteiger partial charge in [-0.25, -0.2) is 0 Å². The molecule has 0 aromatic carbocycles. The Hall–Kier alpha value is -1.52. The van der Waals surface area contributed by atoms with Crippen LogP contribution in [0, 0.1) is 6.92 Å². The van der Waals surface area contributed by atoms with Crippen LogP contribution in [0.25, 0.3) is 6.08 Å². The summed E-state index contributed by atoms with van der Waals surface area (Å²) in [7, 11) is 0. The number of hydrogen-bond acceptors (Lipinski definition) is 1. The summed E-state index contributed by atoms with van der Waals surface area (Å²) in [5, 5.41) is 0. The molecule has 0 aliphatic carbocycles. The Bertz CT molecular complexity index is 401. The minimum atomic E-state index is -4.83. The van der Waals surface area contributed by atoms with E-state index in [1.54, 1.807) is 26.0 Å². The first-order valence-electron chi connectivity index (χ1n) is 4.30. The quantitative estimate of drug-likeness (QED) is 0.758. The van der Waals surface area contributed by atoms with Crippen LogP contribution in [-0.2, 0) is 0 Å². The number of H-pyrrole nitrogens is 1. The fourth-order valence-electron chi connectivity index (χ4n) is 1.19. The maximum Gasteiger partial charge on any atom is 0.456 e. The average molecular weight is 217 g/mol. The molecule has 82 valence electrons. The van der Waals surface area contributed by atoms with E-state index in [1.165, 1.54) is 6.07 Å². The molecule has 1 rings (SSSR count). The molecule has 2 nitrogen and oxygen atoms in total. The molecule has 1 heterocycles. The second kappa shape index (κ2) is 3.92. The van der Waals surface area contributed by atoms with Crippen LogP contribution in [0.15, 0.2) is 12.1 Å². The zero-order valence-corrected chi connectivity index (χ0v) is 8.27. The smallest absolute Gasteiger partial charge is 0.352 e. The fraction of sp³-hybridized carbons (Fsp3) is 0.300. The van der Waals surface area contributed by atoms with Crippen molar-refractivity contribution in [2.75, 3.05) is 0 Å². The molecule has 0 aliphatic heterocycles. The Kier molecular flexibility index (Phi) is 3.02. The zero-order chi connectivity index (χ0) is 11.6. The lowest BCUT2D eigenvalue weighted by molar-refractivity contribution is -0.0887. The number of nitrogens with one attached hydrogen (secondary N) is 1. The molecule has 0 saturated carbocycles. The first kappa shape index (κ1) is 11.6. The summed E-state index contributed by atoms with van der Waals surface area (Å²) in [6, 6.07) is 1.20. The minimum Gasteiger partial charge on any atom is -0.352 e. The lowest BCUT2D eigenvalue weighted by Crippen LogP contribution is -2.22. The molecule has 0 saturated heterocycles. The number of Topliss-reactive ketones (excluding diaryl/α,β-unsaturated/α-hetero) is 1. The summed E-state index contributed by atoms with van der Waals surface area (Å²) in [5.74, 6) is -1.85. The standard InChI is InChI=1S/C10H10F3NO/c1-3-4-7-6(2)5-8(14-7)9(15)10(11,12)13/h3-5,14H,1-2H3. The summed E-state index contributed by atoms with van der Waals surface area (Å²) in [6.45, 7) is 3.38. The predicted molar refractivity (Wildman–Crippen MR) is 50.6 cm³/mol. The molecule has 0 unspecified atom stereocenters. The van der Waals surface area contributed by atoms with E-state index in [1.807, 2.05) is 0 Å². The molecule has 0 aliphatic rings. The molecule has 0 atom stereocenters. The number of allylic oxidation sites excluding steroid dienone is 1. The van der Waals surface area contributed by atoms with Crippen LogP contribution in [-0.4, -0.2) is 16.9 Å². The van der Waals surface area contributed by atoms with Gasteiger partial charge in [-0.15, -0.1) is 0 Å². The lowest BCUT2D eigenvalue weighted by Gasteiger charge is -2.01. The van der Waals surface area contributed by atoms with E-state index in [9.17, 15) is 18.0 Å². The Balaban J connectivity index is 3.08. The highest BCUT2D eigenvalue weighted by atomic mass is 19.4. The van der Waals surface area contributed by atoms with E-state index in [4.69, 9.17) is 0 Å². The molecule has 1 aromatic rings. The van der Waals surface area contributed by atoms with Gasteiger partial charge in [-0.05, 0) is 31.6 Å². The van der Waals surface area contributed by atoms with Crippen LogP contribution in [0.2, 0.25) is 0 Å². The van der Waals surface area contributed by atoms with Gasteiger partial charge in [0.15, 0.2) is 0 Å². The van der Waals surface area contributed by atoms with Gasteiger partial charge >= 0.3 is 6.18 Å². The SMILES string of the molecule is CC=Cc1[nH]c(C(=O)C(F)(F)F)cc1C. The summed E-state index contributed by atoms with van der Waals surface area (Å²) in [6.07, 6.45) is -1.53. The second-order valence-electron chi connectivity index (χ2n) is 3.11. The summed E-state index contributed by atoms with van der Waals surface area (Å²) >= 11 is 0. The van der Waals surface area contributed by atoms with Crippen molar-refractivity contribution >= 4 is 11.9 Å². The van der Waals surface area contributed by atoms with Crippen LogP contribution in [0.4, 0.5) is 13.2 Å². The number of ketones is 1. The van der Waals surface area contributed by atoms with Crippen LogP contribution in [0.1, 0.15) is 28.7 Å². The Labute approximate surface area is 84.8 Å². The Morgan fingerprint density at radius 2 is 2.07 bits per heavy atom. The number of aryl methyl sites for hydroxylation is 1. The van der Waals surface area contributed by atoms with E-state index in [2.05, 4.69) is 4.98 Å². The Morgan fingerprint density at radius 1 is 1.47 bits per heavy atom. The number of alkyl halides is 3. The van der Waals surface area contributed by atoms with Gasteiger partial charge in [0.2, 0.25) is 0 Å². The normalized spacial score (nSPS) is 12.3. The van der Waals surface area contributed by atoms with E-state index < -0.39 is 17.7 Å². The number of halogens is 3. The average Bonchev–Trinajstić information content (AvgIpc) is 2.46. The fourth-order valence-corrected chi connectivity index (χ4v) is 1.19. The molecule has 1 N–H and O–H groups in total. The van der Waals surface area contributed by atoms with Crippen molar-refractivity contribution in [3.63, 3.8) is 0 Å². The maximum absolute atomic E-state index is 12.1. The third-order valence-electron chi connectivity index (χ3n) is 1.89. The van der Waals surface area contributed by atoms with Gasteiger partial charge in [0.05, 0.1) is 5.69 Å². The van der Waals surface area contributed by atoms with E-state index in [-0.39, 0.29) is 0 Å². The van der Waals surface area contributed by atoms with Crippen molar-refractivity contribution < 1.29 is 18.0 Å². The maximum atomic E-state index is 12.1. The molecule has 0 amide bonds. The molecule has 0 fully saturated rings. The molecule has 0 radical (unpaired) electrons. The molecular weight excluding hydrogens is 207 g/mol. The minimum absolute atomic E-state index is 0.423. The third kappa shape index (κ3) is 2.49. The van der Waals surface area contributed by atoms with Crippen LogP contribution < -0.4 is 0 Å². The van der Waals surface area contributed by atoms with Crippen molar-refractivity contribution in [1.29, 1.82) is 0 Å². The van der Waals surface area contributed by atoms with Crippen LogP contribution >= 0.6 is 0 Å². The Morgan fingerprint density at radius 3 is 2.53 bits per heavy atom. The summed E-state index contributed by atoms with van der Waals surface area (Å²) in [4.78, 5) is 13.3. The molecule has 5 heteroatoms. The summed E-state index contributed by atoms with van der Waals surface area (Å²) < 4.78 is 36.2. The highest BCUT2D eigenvalue weighted by Gasteiger charge is 2.40. The molecule has 15 heavy (non-hydrogen) atoms. The number of carbonyl (C=O) groups is 1. The lowest BCUT2D eigenvalue weighted by atomic mass is 10.2. The van der Waals surface area contributed by atoms with E-state index >= 15 is 0 Å². The second-order valence-corrected chi connectivity index (χ2v) is 3.11. The number of aromatic amines is 1. The van der Waals surface area contributed by atoms with Gasteiger partial charge in [-0.2, -0.15) is 13.2 Å². The number of aromatic nitrogens is 1. The van der Waals surface area contributed by atoms with Gasteiger partial charge < -0.3 is 4.98 Å². The first-order valence-corrected chi connectivity index (χ1v) is 4.30. The highest BCUT2D eigenvalue weighted by molar-refractivity contribution is 5.99. The van der Waals surface area contributed by atoms with Crippen molar-refractivity contribution in [3.05, 3.63) is 29.1 Å². The molecule has 0 spiro atoms. The molecular formula is C10H10F3NO. The van der Waals surface area contributed by atoms with Crippen molar-refractivity contribution in [2.45, 2.75) is 20.0 Å². The highest BCUT2D eigenvalue weighted by Crippen LogP contribution is 2.22. The van der Waals surface area contributed by atoms with Crippen LogP contribution in [0.3, 0.4) is 0 Å². The van der Waals surface area contributed by atoms with E-state index in [0.717, 1.165) is 0 Å².